The van der Waals surface area contributed by atoms with Gasteiger partial charge in [0.05, 0.1) is 0 Å². The summed E-state index contributed by atoms with van der Waals surface area (Å²) >= 11 is 0. The van der Waals surface area contributed by atoms with E-state index < -0.39 is 6.09 Å². The summed E-state index contributed by atoms with van der Waals surface area (Å²) in [5.74, 6) is 0. The van der Waals surface area contributed by atoms with Gasteiger partial charge in [0.15, 0.2) is 0 Å². The number of hydrazine groups is 1. The van der Waals surface area contributed by atoms with Crippen LogP contribution in [0.3, 0.4) is 0 Å². The second-order valence-corrected chi connectivity index (χ2v) is 4.42. The number of nitrogens with zero attached hydrogens (tertiary/aromatic N) is 2. The van der Waals surface area contributed by atoms with E-state index in [-0.39, 0.29) is 0 Å². The lowest BCUT2D eigenvalue weighted by molar-refractivity contribution is -0.0122. The predicted molar refractivity (Wildman–Crippen MR) is 71.0 cm³/mol. The van der Waals surface area contributed by atoms with Crippen molar-refractivity contribution in [2.45, 2.75) is 59.3 Å². The third kappa shape index (κ3) is 7.21. The molecule has 0 aliphatic rings. The molecule has 0 unspecified atom stereocenters. The van der Waals surface area contributed by atoms with Gasteiger partial charge in [-0.05, 0) is 19.3 Å². The molecule has 0 heterocycles. The highest BCUT2D eigenvalue weighted by atomic mass is 16.4. The van der Waals surface area contributed by atoms with Crippen LogP contribution in [0.25, 0.3) is 0 Å². The summed E-state index contributed by atoms with van der Waals surface area (Å²) in [7, 11) is 0. The normalized spacial score (nSPS) is 10.8. The van der Waals surface area contributed by atoms with Crippen LogP contribution in [-0.2, 0) is 0 Å². The first-order chi connectivity index (χ1) is 8.17. The fourth-order valence-corrected chi connectivity index (χ4v) is 1.70. The van der Waals surface area contributed by atoms with Crippen molar-refractivity contribution in [2.24, 2.45) is 0 Å². The van der Waals surface area contributed by atoms with Crippen LogP contribution >= 0.6 is 0 Å². The Labute approximate surface area is 106 Å². The molecule has 0 rings (SSSR count). The summed E-state index contributed by atoms with van der Waals surface area (Å²) in [5.41, 5.74) is 0. The highest BCUT2D eigenvalue weighted by molar-refractivity contribution is 5.64. The van der Waals surface area contributed by atoms with Crippen LogP contribution in [-0.4, -0.2) is 40.9 Å². The smallest absolute Gasteiger partial charge is 0.421 e. The molecule has 0 fully saturated rings. The van der Waals surface area contributed by atoms with E-state index in [1.165, 1.54) is 5.01 Å². The second kappa shape index (κ2) is 10.4. The summed E-state index contributed by atoms with van der Waals surface area (Å²) in [4.78, 5) is 11.3. The number of hydrogen-bond donors (Lipinski definition) is 1. The SMILES string of the molecule is CCCCN(CCCC)N(CCCC)C(=O)O. The van der Waals surface area contributed by atoms with Gasteiger partial charge in [0, 0.05) is 19.6 Å². The van der Waals surface area contributed by atoms with E-state index in [2.05, 4.69) is 20.8 Å². The van der Waals surface area contributed by atoms with E-state index in [0.29, 0.717) is 6.54 Å². The summed E-state index contributed by atoms with van der Waals surface area (Å²) in [5, 5.41) is 12.8. The molecule has 102 valence electrons. The van der Waals surface area contributed by atoms with Gasteiger partial charge in [-0.3, -0.25) is 0 Å². The fourth-order valence-electron chi connectivity index (χ4n) is 1.70. The van der Waals surface area contributed by atoms with Gasteiger partial charge < -0.3 is 5.11 Å². The van der Waals surface area contributed by atoms with Gasteiger partial charge in [0.25, 0.3) is 0 Å². The number of hydrogen-bond acceptors (Lipinski definition) is 2. The molecule has 0 aromatic rings. The molecule has 0 aromatic heterocycles. The van der Waals surface area contributed by atoms with E-state index in [9.17, 15) is 9.90 Å². The zero-order valence-electron chi connectivity index (χ0n) is 11.6. The molecule has 0 radical (unpaired) electrons. The molecule has 1 amide bonds. The second-order valence-electron chi connectivity index (χ2n) is 4.42. The molecular weight excluding hydrogens is 216 g/mol. The fraction of sp³-hybridized carbons (Fsp3) is 0.923. The van der Waals surface area contributed by atoms with Crippen LogP contribution in [0.4, 0.5) is 4.79 Å². The maximum absolute atomic E-state index is 11.3. The molecular formula is C13H28N2O2. The van der Waals surface area contributed by atoms with Gasteiger partial charge >= 0.3 is 6.09 Å². The molecule has 0 aromatic carbocycles. The molecule has 0 saturated heterocycles. The highest BCUT2D eigenvalue weighted by Gasteiger charge is 2.18. The minimum Gasteiger partial charge on any atom is -0.464 e. The molecule has 0 bridgehead atoms. The first-order valence-electron chi connectivity index (χ1n) is 6.92. The van der Waals surface area contributed by atoms with Gasteiger partial charge in [-0.1, -0.05) is 40.0 Å². The maximum atomic E-state index is 11.3. The Kier molecular flexibility index (Phi) is 9.92. The third-order valence-corrected chi connectivity index (χ3v) is 2.83. The monoisotopic (exact) mass is 244 g/mol. The quantitative estimate of drug-likeness (QED) is 0.597. The molecule has 0 aliphatic heterocycles. The average Bonchev–Trinajstić information content (AvgIpc) is 2.31. The Bertz CT molecular complexity index is 190. The molecule has 4 heteroatoms. The number of amides is 1. The zero-order chi connectivity index (χ0) is 13.1. The summed E-state index contributed by atoms with van der Waals surface area (Å²) in [6.07, 6.45) is 5.46. The largest absolute Gasteiger partial charge is 0.464 e. The van der Waals surface area contributed by atoms with Gasteiger partial charge in [-0.15, -0.1) is 0 Å². The van der Waals surface area contributed by atoms with Crippen molar-refractivity contribution in [3.8, 4) is 0 Å². The van der Waals surface area contributed by atoms with E-state index in [1.54, 1.807) is 0 Å². The standard InChI is InChI=1S/C13H28N2O2/c1-4-7-10-14(11-8-5-2)15(13(16)17)12-9-6-3/h4-12H2,1-3H3,(H,16,17). The number of carboxylic acid groups (broad SMARTS) is 1. The summed E-state index contributed by atoms with van der Waals surface area (Å²) in [6, 6.07) is 0. The minimum atomic E-state index is -0.814. The Morgan fingerprint density at radius 1 is 0.882 bits per heavy atom. The average molecular weight is 244 g/mol. The number of unbranched alkanes of at least 4 members (excludes halogenated alkanes) is 3. The Hall–Kier alpha value is -0.770. The van der Waals surface area contributed by atoms with E-state index in [4.69, 9.17) is 0 Å². The number of rotatable bonds is 10. The molecule has 0 aliphatic carbocycles. The van der Waals surface area contributed by atoms with Gasteiger partial charge in [-0.25, -0.2) is 14.8 Å². The molecule has 4 nitrogen and oxygen atoms in total. The Morgan fingerprint density at radius 3 is 1.65 bits per heavy atom. The minimum absolute atomic E-state index is 0.624. The lowest BCUT2D eigenvalue weighted by atomic mass is 10.3. The zero-order valence-corrected chi connectivity index (χ0v) is 11.6. The maximum Gasteiger partial charge on any atom is 0.421 e. The van der Waals surface area contributed by atoms with Crippen LogP contribution in [0.5, 0.6) is 0 Å². The topological polar surface area (TPSA) is 43.8 Å². The van der Waals surface area contributed by atoms with Gasteiger partial charge in [0.1, 0.15) is 0 Å². The van der Waals surface area contributed by atoms with E-state index >= 15 is 0 Å². The van der Waals surface area contributed by atoms with Crippen molar-refractivity contribution in [1.82, 2.24) is 10.0 Å². The lowest BCUT2D eigenvalue weighted by Gasteiger charge is -2.32. The molecule has 0 spiro atoms. The predicted octanol–water partition coefficient (Wildman–Crippen LogP) is 3.58. The highest BCUT2D eigenvalue weighted by Crippen LogP contribution is 2.07. The van der Waals surface area contributed by atoms with Crippen molar-refractivity contribution in [3.05, 3.63) is 0 Å². The van der Waals surface area contributed by atoms with Crippen LogP contribution in [0, 0.1) is 0 Å². The van der Waals surface area contributed by atoms with Crippen LogP contribution in [0.15, 0.2) is 0 Å². The first kappa shape index (κ1) is 16.2. The van der Waals surface area contributed by atoms with Crippen LogP contribution in [0.1, 0.15) is 59.3 Å². The molecule has 17 heavy (non-hydrogen) atoms. The number of carbonyl (C=O) groups is 1. The molecule has 1 N–H and O–H groups in total. The van der Waals surface area contributed by atoms with E-state index in [1.807, 2.05) is 5.01 Å². The van der Waals surface area contributed by atoms with Crippen LogP contribution < -0.4 is 0 Å². The van der Waals surface area contributed by atoms with Crippen molar-refractivity contribution in [2.75, 3.05) is 19.6 Å². The van der Waals surface area contributed by atoms with Crippen molar-refractivity contribution in [3.63, 3.8) is 0 Å². The summed E-state index contributed by atoms with van der Waals surface area (Å²) in [6.45, 7) is 8.69. The van der Waals surface area contributed by atoms with Crippen molar-refractivity contribution >= 4 is 6.09 Å². The van der Waals surface area contributed by atoms with Crippen LogP contribution in [0.2, 0.25) is 0 Å². The van der Waals surface area contributed by atoms with E-state index in [0.717, 1.165) is 51.6 Å². The lowest BCUT2D eigenvalue weighted by Crippen LogP contribution is -2.47. The Morgan fingerprint density at radius 2 is 1.29 bits per heavy atom. The first-order valence-corrected chi connectivity index (χ1v) is 6.92. The summed E-state index contributed by atoms with van der Waals surface area (Å²) < 4.78 is 0. The molecule has 0 atom stereocenters. The third-order valence-electron chi connectivity index (χ3n) is 2.83. The molecule has 0 saturated carbocycles. The van der Waals surface area contributed by atoms with Crippen molar-refractivity contribution < 1.29 is 9.90 Å². The Balaban J connectivity index is 4.37. The van der Waals surface area contributed by atoms with Gasteiger partial charge in [0.2, 0.25) is 0 Å². The van der Waals surface area contributed by atoms with Gasteiger partial charge in [-0.2, -0.15) is 0 Å². The van der Waals surface area contributed by atoms with Crippen molar-refractivity contribution in [1.29, 1.82) is 0 Å².